The van der Waals surface area contributed by atoms with Crippen molar-refractivity contribution < 1.29 is 23.3 Å². The van der Waals surface area contributed by atoms with Crippen molar-refractivity contribution in [2.45, 2.75) is 54.4 Å². The maximum atomic E-state index is 3.16. The Kier molecular flexibility index (Phi) is 25.4. The summed E-state index contributed by atoms with van der Waals surface area (Å²) in [5, 5.41) is 0. The van der Waals surface area contributed by atoms with E-state index in [0.29, 0.717) is 10.8 Å². The van der Waals surface area contributed by atoms with E-state index in [4.69, 9.17) is 0 Å². The van der Waals surface area contributed by atoms with Gasteiger partial charge in [-0.15, -0.1) is 37.7 Å². The molecular weight excluding hydrogens is 430 g/mol. The molecule has 0 N–H and O–H groups in total. The van der Waals surface area contributed by atoms with E-state index in [2.05, 4.69) is 71.9 Å². The third kappa shape index (κ3) is 14.9. The van der Waals surface area contributed by atoms with E-state index in [1.165, 1.54) is 11.1 Å². The zero-order chi connectivity index (χ0) is 15.8. The summed E-state index contributed by atoms with van der Waals surface area (Å²) in [4.78, 5) is 0. The minimum atomic E-state index is 0. The Balaban J connectivity index is -0.0000000789. The second kappa shape index (κ2) is 17.1. The van der Waals surface area contributed by atoms with Gasteiger partial charge in [0.05, 0.1) is 0 Å². The monoisotopic (exact) mass is 464 g/mol. The van der Waals surface area contributed by atoms with Gasteiger partial charge in [0.2, 0.25) is 0 Å². The molecule has 0 spiro atoms. The topological polar surface area (TPSA) is 0 Å². The van der Waals surface area contributed by atoms with E-state index >= 15 is 0 Å². The van der Waals surface area contributed by atoms with Gasteiger partial charge in [-0.1, -0.05) is 47.0 Å². The first-order valence-electron chi connectivity index (χ1n) is 7.10. The first-order chi connectivity index (χ1) is 9.21. The molecule has 0 aromatic rings. The van der Waals surface area contributed by atoms with Crippen molar-refractivity contribution in [3.63, 3.8) is 0 Å². The van der Waals surface area contributed by atoms with E-state index in [0.717, 1.165) is 12.8 Å². The Morgan fingerprint density at radius 2 is 1.42 bits per heavy atom. The molecule has 0 amide bonds. The Hall–Kier alpha value is 0.640. The van der Waals surface area contributed by atoms with Crippen LogP contribution in [0.3, 0.4) is 0 Å². The summed E-state index contributed by atoms with van der Waals surface area (Å²) in [6.07, 6.45) is 16.9. The molecular formula is C20H36Cl2SiZr-4. The van der Waals surface area contributed by atoms with Crippen molar-refractivity contribution in [3.8, 4) is 0 Å². The van der Waals surface area contributed by atoms with Gasteiger partial charge in [-0.25, -0.2) is 18.2 Å². The quantitative estimate of drug-likeness (QED) is 0.292. The average molecular weight is 467 g/mol. The molecule has 0 radical (unpaired) electrons. The fraction of sp³-hybridized carbons (Fsp3) is 0.500. The van der Waals surface area contributed by atoms with Gasteiger partial charge in [0.25, 0.3) is 0 Å². The van der Waals surface area contributed by atoms with E-state index in [9.17, 15) is 0 Å². The number of allylic oxidation sites excluding steroid dienone is 8. The summed E-state index contributed by atoms with van der Waals surface area (Å²) < 4.78 is 0. The maximum absolute atomic E-state index is 3.16. The Labute approximate surface area is 181 Å². The molecule has 24 heavy (non-hydrogen) atoms. The molecule has 4 heteroatoms. The van der Waals surface area contributed by atoms with Crippen LogP contribution >= 0.6 is 24.8 Å². The molecule has 0 bridgehead atoms. The van der Waals surface area contributed by atoms with Crippen molar-refractivity contribution in [3.05, 3.63) is 62.5 Å². The van der Waals surface area contributed by atoms with Crippen LogP contribution < -0.4 is 0 Å². The molecule has 2 aliphatic carbocycles. The van der Waals surface area contributed by atoms with Gasteiger partial charge >= 0.3 is 30.2 Å². The zero-order valence-corrected chi connectivity index (χ0v) is 22.3. The minimum absolute atomic E-state index is 0. The first kappa shape index (κ1) is 35.7. The molecule has 0 fully saturated rings. The Morgan fingerprint density at radius 1 is 0.917 bits per heavy atom. The van der Waals surface area contributed by atoms with E-state index in [-0.39, 0.29) is 39.7 Å². The van der Waals surface area contributed by atoms with Crippen LogP contribution in [-0.2, 0) is 23.3 Å². The molecule has 0 aromatic carbocycles. The predicted molar refractivity (Wildman–Crippen MR) is 116 cm³/mol. The Bertz CT molecular complexity index is 422. The molecule has 0 heterocycles. The van der Waals surface area contributed by atoms with Gasteiger partial charge in [-0.3, -0.25) is 12.2 Å². The van der Waals surface area contributed by atoms with Crippen LogP contribution in [0.1, 0.15) is 54.4 Å². The second-order valence-electron chi connectivity index (χ2n) is 6.95. The zero-order valence-electron chi connectivity index (χ0n) is 16.7. The van der Waals surface area contributed by atoms with Crippen molar-refractivity contribution in [2.24, 2.45) is 10.8 Å². The second-order valence-corrected chi connectivity index (χ2v) is 6.95. The average Bonchev–Trinajstić information content (AvgIpc) is 3.04. The fourth-order valence-corrected chi connectivity index (χ4v) is 1.82. The normalized spacial score (nSPS) is 13.9. The van der Waals surface area contributed by atoms with E-state index < -0.39 is 0 Å². The molecule has 2 aliphatic rings. The summed E-state index contributed by atoms with van der Waals surface area (Å²) in [7, 11) is 0. The van der Waals surface area contributed by atoms with Gasteiger partial charge in [-0.2, -0.15) is 17.2 Å². The molecule has 0 saturated carbocycles. The molecule has 0 nitrogen and oxygen atoms in total. The van der Waals surface area contributed by atoms with Crippen molar-refractivity contribution in [2.75, 3.05) is 0 Å². The van der Waals surface area contributed by atoms with Crippen LogP contribution in [0.15, 0.2) is 35.5 Å². The predicted octanol–water partition coefficient (Wildman–Crippen LogP) is 6.27. The van der Waals surface area contributed by atoms with Crippen molar-refractivity contribution >= 4 is 31.7 Å². The Morgan fingerprint density at radius 3 is 1.58 bits per heavy atom. The fourth-order valence-electron chi connectivity index (χ4n) is 1.82. The summed E-state index contributed by atoms with van der Waals surface area (Å²) in [5.41, 5.74) is 3.58. The SMILES string of the molecule is CC(C)(C)C1=CC=[C-]C1.CC(C)(C)C1=CC[C-]=C1.Cl.Cl.[CH3-].[CH3-].[SiH2]=[Zr]. The number of hydrogen-bond donors (Lipinski definition) is 0. The van der Waals surface area contributed by atoms with Gasteiger partial charge in [0.15, 0.2) is 0 Å². The third-order valence-corrected chi connectivity index (χ3v) is 3.22. The molecule has 0 aromatic heterocycles. The summed E-state index contributed by atoms with van der Waals surface area (Å²) in [6, 6.07) is 0. The molecule has 0 atom stereocenters. The summed E-state index contributed by atoms with van der Waals surface area (Å²) >= 11 is 1.58. The summed E-state index contributed by atoms with van der Waals surface area (Å²) in [5.74, 6) is 0. The van der Waals surface area contributed by atoms with Gasteiger partial charge in [0.1, 0.15) is 0 Å². The number of hydrogen-bond acceptors (Lipinski definition) is 0. The first-order valence-corrected chi connectivity index (χ1v) is 13.0. The van der Waals surface area contributed by atoms with Crippen LogP contribution in [-0.4, -0.2) is 6.88 Å². The van der Waals surface area contributed by atoms with Crippen LogP contribution in [0.5, 0.6) is 0 Å². The summed E-state index contributed by atoms with van der Waals surface area (Å²) in [6.45, 7) is 15.3. The van der Waals surface area contributed by atoms with Crippen molar-refractivity contribution in [1.82, 2.24) is 0 Å². The molecule has 0 aliphatic heterocycles. The molecule has 142 valence electrons. The molecule has 0 unspecified atom stereocenters. The van der Waals surface area contributed by atoms with Crippen molar-refractivity contribution in [1.29, 1.82) is 0 Å². The molecule has 2 rings (SSSR count). The van der Waals surface area contributed by atoms with Crippen LogP contribution in [0, 0.1) is 37.8 Å². The van der Waals surface area contributed by atoms with E-state index in [1.54, 1.807) is 23.3 Å². The van der Waals surface area contributed by atoms with E-state index in [1.807, 2.05) is 13.0 Å². The standard InChI is InChI=1S/2C9H13.2CH3.2ClH.H2Si.Zr/c2*1-9(2,3)8-6-4-5-7-8;;;;;;/h6-7H,4H2,1-3H3;4,6H,7H2,1-3H3;2*1H3;2*1H;1H2;/q4*-1;;;;. The van der Waals surface area contributed by atoms with Crippen LogP contribution in [0.4, 0.5) is 0 Å². The number of rotatable bonds is 0. The van der Waals surface area contributed by atoms with Gasteiger partial charge < -0.3 is 14.9 Å². The third-order valence-electron chi connectivity index (χ3n) is 3.22. The molecule has 0 saturated heterocycles. The van der Waals surface area contributed by atoms with Gasteiger partial charge in [0, 0.05) is 0 Å². The van der Waals surface area contributed by atoms with Crippen LogP contribution in [0.25, 0.3) is 0 Å². The van der Waals surface area contributed by atoms with Gasteiger partial charge in [-0.05, 0) is 5.41 Å². The van der Waals surface area contributed by atoms with Crippen LogP contribution in [0.2, 0.25) is 0 Å². The number of halogens is 2.